The molecule has 3 nitrogen and oxygen atoms in total. The quantitative estimate of drug-likeness (QED) is 0.890. The van der Waals surface area contributed by atoms with Crippen molar-refractivity contribution in [2.45, 2.75) is 26.0 Å². The van der Waals surface area contributed by atoms with E-state index in [2.05, 4.69) is 37.0 Å². The number of hydrogen-bond donors (Lipinski definition) is 1. The van der Waals surface area contributed by atoms with Crippen molar-refractivity contribution < 1.29 is 5.11 Å². The summed E-state index contributed by atoms with van der Waals surface area (Å²) in [6, 6.07) is 7.67. The van der Waals surface area contributed by atoms with Gasteiger partial charge in [-0.05, 0) is 35.8 Å². The van der Waals surface area contributed by atoms with Crippen molar-refractivity contribution >= 4 is 31.9 Å². The van der Waals surface area contributed by atoms with Gasteiger partial charge in [-0.2, -0.15) is 5.10 Å². The van der Waals surface area contributed by atoms with Gasteiger partial charge in [0.25, 0.3) is 0 Å². The van der Waals surface area contributed by atoms with E-state index < -0.39 is 5.60 Å². The highest BCUT2D eigenvalue weighted by molar-refractivity contribution is 9.10. The number of halogens is 2. The summed E-state index contributed by atoms with van der Waals surface area (Å²) in [5.41, 5.74) is 0.476. The molecule has 2 rings (SSSR count). The minimum absolute atomic E-state index is 0.710. The molecule has 0 amide bonds. The number of nitrogens with zero attached hydrogens (tertiary/aromatic N) is 2. The Hall–Kier alpha value is -0.650. The molecule has 0 aliphatic heterocycles. The molecule has 0 bridgehead atoms. The fraction of sp³-hybridized carbons (Fsp3) is 0.308. The maximum absolute atomic E-state index is 10.9. The van der Waals surface area contributed by atoms with E-state index in [0.717, 1.165) is 20.2 Å². The van der Waals surface area contributed by atoms with Crippen molar-refractivity contribution in [2.24, 2.45) is 0 Å². The van der Waals surface area contributed by atoms with E-state index in [-0.39, 0.29) is 0 Å². The minimum Gasteiger partial charge on any atom is -0.379 e. The van der Waals surface area contributed by atoms with Crippen molar-refractivity contribution in [1.82, 2.24) is 9.78 Å². The molecule has 5 heteroatoms. The Bertz CT molecular complexity index is 564. The van der Waals surface area contributed by atoms with Gasteiger partial charge in [-0.15, -0.1) is 0 Å². The molecule has 1 aromatic carbocycles. The van der Waals surface area contributed by atoms with E-state index in [4.69, 9.17) is 0 Å². The highest BCUT2D eigenvalue weighted by atomic mass is 79.9. The van der Waals surface area contributed by atoms with Crippen LogP contribution in [0.25, 0.3) is 0 Å². The van der Waals surface area contributed by atoms with Gasteiger partial charge >= 0.3 is 0 Å². The van der Waals surface area contributed by atoms with Gasteiger partial charge in [0.15, 0.2) is 0 Å². The van der Waals surface area contributed by atoms with E-state index in [9.17, 15) is 5.11 Å². The fourth-order valence-corrected chi connectivity index (χ4v) is 3.42. The number of hydrogen-bond acceptors (Lipinski definition) is 2. The maximum Gasteiger partial charge on any atom is 0.131 e. The Kier molecular flexibility index (Phi) is 3.94. The van der Waals surface area contributed by atoms with Gasteiger partial charge in [0.05, 0.1) is 16.4 Å². The highest BCUT2D eigenvalue weighted by Crippen LogP contribution is 2.37. The third kappa shape index (κ3) is 2.27. The topological polar surface area (TPSA) is 38.0 Å². The fourth-order valence-electron chi connectivity index (χ4n) is 2.07. The lowest BCUT2D eigenvalue weighted by atomic mass is 9.92. The second-order valence-electron chi connectivity index (χ2n) is 4.21. The molecule has 1 N–H and O–H groups in total. The summed E-state index contributed by atoms with van der Waals surface area (Å²) in [6.45, 7) is 4.49. The van der Waals surface area contributed by atoms with Crippen LogP contribution in [0.1, 0.15) is 25.1 Å². The van der Waals surface area contributed by atoms with E-state index in [1.54, 1.807) is 17.8 Å². The molecular formula is C13H14Br2N2O. The molecule has 1 atom stereocenters. The third-order valence-corrected chi connectivity index (χ3v) is 4.23. The molecule has 1 heterocycles. The van der Waals surface area contributed by atoms with Crippen molar-refractivity contribution in [2.75, 3.05) is 0 Å². The molecule has 0 saturated heterocycles. The Balaban J connectivity index is 2.61. The predicted octanol–water partition coefficient (Wildman–Crippen LogP) is 3.68. The minimum atomic E-state index is -1.11. The molecular weight excluding hydrogens is 360 g/mol. The Morgan fingerprint density at radius 2 is 1.94 bits per heavy atom. The van der Waals surface area contributed by atoms with Crippen LogP contribution in [-0.4, -0.2) is 14.9 Å². The molecule has 0 saturated carbocycles. The van der Waals surface area contributed by atoms with Gasteiger partial charge in [0.1, 0.15) is 5.60 Å². The molecule has 0 radical (unpaired) electrons. The van der Waals surface area contributed by atoms with Gasteiger partial charge in [-0.1, -0.05) is 34.1 Å². The van der Waals surface area contributed by atoms with Crippen molar-refractivity contribution in [3.05, 3.63) is 50.7 Å². The maximum atomic E-state index is 10.9. The predicted molar refractivity (Wildman–Crippen MR) is 78.4 cm³/mol. The van der Waals surface area contributed by atoms with Gasteiger partial charge in [-0.3, -0.25) is 4.68 Å². The lowest BCUT2D eigenvalue weighted by Crippen LogP contribution is -2.27. The summed E-state index contributed by atoms with van der Waals surface area (Å²) in [5.74, 6) is 0. The first-order valence-electron chi connectivity index (χ1n) is 5.67. The molecule has 0 aliphatic rings. The lowest BCUT2D eigenvalue weighted by Gasteiger charge is -2.26. The van der Waals surface area contributed by atoms with Crippen LogP contribution < -0.4 is 0 Å². The SMILES string of the molecule is CCn1ncc(Br)c1C(C)(O)c1ccccc1Br. The van der Waals surface area contributed by atoms with Crippen LogP contribution in [0.4, 0.5) is 0 Å². The second-order valence-corrected chi connectivity index (χ2v) is 5.92. The summed E-state index contributed by atoms with van der Waals surface area (Å²) >= 11 is 6.94. The Labute approximate surface area is 123 Å². The van der Waals surface area contributed by atoms with Gasteiger partial charge in [0.2, 0.25) is 0 Å². The van der Waals surface area contributed by atoms with Crippen molar-refractivity contribution in [3.63, 3.8) is 0 Å². The van der Waals surface area contributed by atoms with Crippen LogP contribution in [0.15, 0.2) is 39.4 Å². The average molecular weight is 374 g/mol. The van der Waals surface area contributed by atoms with Crippen LogP contribution in [0.3, 0.4) is 0 Å². The average Bonchev–Trinajstić information content (AvgIpc) is 2.71. The highest BCUT2D eigenvalue weighted by Gasteiger charge is 2.33. The summed E-state index contributed by atoms with van der Waals surface area (Å²) in [5, 5.41) is 15.1. The third-order valence-electron chi connectivity index (χ3n) is 2.95. The first-order valence-corrected chi connectivity index (χ1v) is 7.26. The molecule has 2 aromatic rings. The second kappa shape index (κ2) is 5.15. The van der Waals surface area contributed by atoms with Crippen LogP contribution >= 0.6 is 31.9 Å². The normalized spacial score (nSPS) is 14.5. The van der Waals surface area contributed by atoms with E-state index in [1.807, 2.05) is 31.2 Å². The monoisotopic (exact) mass is 372 g/mol. The summed E-state index contributed by atoms with van der Waals surface area (Å²) in [6.07, 6.45) is 1.71. The zero-order valence-electron chi connectivity index (χ0n) is 10.2. The number of aryl methyl sites for hydroxylation is 1. The number of aliphatic hydroxyl groups is 1. The Morgan fingerprint density at radius 1 is 1.28 bits per heavy atom. The number of rotatable bonds is 3. The first kappa shape index (κ1) is 13.8. The van der Waals surface area contributed by atoms with Crippen LogP contribution in [0.5, 0.6) is 0 Å². The van der Waals surface area contributed by atoms with Gasteiger partial charge < -0.3 is 5.11 Å². The van der Waals surface area contributed by atoms with Crippen molar-refractivity contribution in [3.8, 4) is 0 Å². The standard InChI is InChI=1S/C13H14Br2N2O/c1-3-17-12(11(15)8-16-17)13(2,18)9-6-4-5-7-10(9)14/h4-8,18H,3H2,1-2H3. The summed E-state index contributed by atoms with van der Waals surface area (Å²) in [7, 11) is 0. The molecule has 0 aliphatic carbocycles. The first-order chi connectivity index (χ1) is 8.48. The molecule has 18 heavy (non-hydrogen) atoms. The zero-order chi connectivity index (χ0) is 13.3. The smallest absolute Gasteiger partial charge is 0.131 e. The van der Waals surface area contributed by atoms with E-state index in [0.29, 0.717) is 6.54 Å². The molecule has 96 valence electrons. The van der Waals surface area contributed by atoms with Crippen molar-refractivity contribution in [1.29, 1.82) is 0 Å². The molecule has 0 spiro atoms. The summed E-state index contributed by atoms with van der Waals surface area (Å²) < 4.78 is 3.49. The van der Waals surface area contributed by atoms with Crippen LogP contribution in [-0.2, 0) is 12.1 Å². The molecule has 0 fully saturated rings. The Morgan fingerprint density at radius 3 is 2.56 bits per heavy atom. The largest absolute Gasteiger partial charge is 0.379 e. The van der Waals surface area contributed by atoms with Crippen LogP contribution in [0.2, 0.25) is 0 Å². The molecule has 1 unspecified atom stereocenters. The van der Waals surface area contributed by atoms with E-state index >= 15 is 0 Å². The number of benzene rings is 1. The summed E-state index contributed by atoms with van der Waals surface area (Å²) in [4.78, 5) is 0. The van der Waals surface area contributed by atoms with Crippen LogP contribution in [0, 0.1) is 0 Å². The molecule has 1 aromatic heterocycles. The van der Waals surface area contributed by atoms with E-state index in [1.165, 1.54) is 0 Å². The number of aromatic nitrogens is 2. The van der Waals surface area contributed by atoms with Gasteiger partial charge in [0, 0.05) is 16.6 Å². The lowest BCUT2D eigenvalue weighted by molar-refractivity contribution is 0.0902. The zero-order valence-corrected chi connectivity index (χ0v) is 13.4. The van der Waals surface area contributed by atoms with Gasteiger partial charge in [-0.25, -0.2) is 0 Å².